The van der Waals surface area contributed by atoms with E-state index in [1.165, 1.54) is 17.5 Å². The van der Waals surface area contributed by atoms with Crippen molar-refractivity contribution in [3.05, 3.63) is 51.5 Å². The average molecular weight is 514 g/mol. The number of carbonyl (C=O) groups is 1. The van der Waals surface area contributed by atoms with Crippen LogP contribution in [0.3, 0.4) is 0 Å². The molecule has 0 aliphatic carbocycles. The molecular formula is C21H22BrClN2O4S. The highest BCUT2D eigenvalue weighted by atomic mass is 79.9. The van der Waals surface area contributed by atoms with Crippen LogP contribution in [0.2, 0.25) is 5.02 Å². The number of sulfonamides is 1. The predicted molar refractivity (Wildman–Crippen MR) is 120 cm³/mol. The molecule has 1 unspecified atom stereocenters. The second-order valence-electron chi connectivity index (χ2n) is 7.51. The zero-order chi connectivity index (χ0) is 21.5. The molecule has 2 aromatic carbocycles. The lowest BCUT2D eigenvalue weighted by Crippen LogP contribution is -2.46. The molecule has 2 aliphatic rings. The normalized spacial score (nSPS) is 19.6. The number of anilines is 1. The number of benzene rings is 2. The maximum Gasteiger partial charge on any atom is 0.246 e. The molecule has 1 fully saturated rings. The van der Waals surface area contributed by atoms with Crippen LogP contribution in [0.4, 0.5) is 5.69 Å². The minimum absolute atomic E-state index is 0.0194. The Morgan fingerprint density at radius 3 is 2.77 bits per heavy atom. The van der Waals surface area contributed by atoms with Gasteiger partial charge in [0.1, 0.15) is 10.6 Å². The van der Waals surface area contributed by atoms with Crippen molar-refractivity contribution in [1.29, 1.82) is 0 Å². The van der Waals surface area contributed by atoms with Crippen LogP contribution in [0.5, 0.6) is 5.75 Å². The van der Waals surface area contributed by atoms with E-state index < -0.39 is 10.0 Å². The molecule has 160 valence electrons. The standard InChI is InChI=1S/C21H22BrClN2O4S/c1-29-19-7-5-17(23)12-20(19)30(27,28)24-9-2-3-15(13-24)21(26)25-10-8-14-11-16(22)4-6-18(14)25/h4-7,11-12,15H,2-3,8-10,13H2,1H3. The first-order valence-corrected chi connectivity index (χ1v) is 12.4. The van der Waals surface area contributed by atoms with Crippen LogP contribution in [0.15, 0.2) is 45.8 Å². The molecule has 2 aromatic rings. The summed E-state index contributed by atoms with van der Waals surface area (Å²) in [4.78, 5) is 15.1. The molecule has 1 atom stereocenters. The fourth-order valence-electron chi connectivity index (χ4n) is 4.17. The molecular weight excluding hydrogens is 492 g/mol. The highest BCUT2D eigenvalue weighted by Crippen LogP contribution is 2.35. The number of piperidine rings is 1. The highest BCUT2D eigenvalue weighted by molar-refractivity contribution is 9.10. The number of fused-ring (bicyclic) bond motifs is 1. The molecule has 1 saturated heterocycles. The fraction of sp³-hybridized carbons (Fsp3) is 0.381. The lowest BCUT2D eigenvalue weighted by atomic mass is 9.98. The van der Waals surface area contributed by atoms with Gasteiger partial charge in [-0.1, -0.05) is 27.5 Å². The molecule has 30 heavy (non-hydrogen) atoms. The molecule has 1 amide bonds. The van der Waals surface area contributed by atoms with E-state index in [4.69, 9.17) is 16.3 Å². The van der Waals surface area contributed by atoms with Gasteiger partial charge >= 0.3 is 0 Å². The number of carbonyl (C=O) groups excluding carboxylic acids is 1. The molecule has 0 spiro atoms. The largest absolute Gasteiger partial charge is 0.495 e. The number of methoxy groups -OCH3 is 1. The van der Waals surface area contributed by atoms with Crippen LogP contribution < -0.4 is 9.64 Å². The second kappa shape index (κ2) is 8.49. The topological polar surface area (TPSA) is 66.9 Å². The maximum absolute atomic E-state index is 13.3. The molecule has 9 heteroatoms. The number of hydrogen-bond donors (Lipinski definition) is 0. The van der Waals surface area contributed by atoms with E-state index in [-0.39, 0.29) is 29.0 Å². The summed E-state index contributed by atoms with van der Waals surface area (Å²) in [5.74, 6) is -0.158. The summed E-state index contributed by atoms with van der Waals surface area (Å²) in [6.45, 7) is 1.14. The van der Waals surface area contributed by atoms with E-state index in [1.54, 1.807) is 17.0 Å². The summed E-state index contributed by atoms with van der Waals surface area (Å²) in [6, 6.07) is 10.4. The minimum atomic E-state index is -3.84. The van der Waals surface area contributed by atoms with Gasteiger partial charge in [0, 0.05) is 34.8 Å². The van der Waals surface area contributed by atoms with Crippen LogP contribution in [0, 0.1) is 5.92 Å². The Hall–Kier alpha value is -1.61. The van der Waals surface area contributed by atoms with Crippen molar-refractivity contribution >= 4 is 49.1 Å². The van der Waals surface area contributed by atoms with Crippen molar-refractivity contribution in [2.75, 3.05) is 31.6 Å². The zero-order valence-corrected chi connectivity index (χ0v) is 19.6. The lowest BCUT2D eigenvalue weighted by Gasteiger charge is -2.33. The molecule has 4 rings (SSSR count). The van der Waals surface area contributed by atoms with Crippen LogP contribution in [0.25, 0.3) is 0 Å². The second-order valence-corrected chi connectivity index (χ2v) is 10.8. The third-order valence-corrected chi connectivity index (χ3v) is 8.29. The van der Waals surface area contributed by atoms with Crippen molar-refractivity contribution < 1.29 is 17.9 Å². The van der Waals surface area contributed by atoms with E-state index in [0.717, 1.165) is 22.1 Å². The average Bonchev–Trinajstić information content (AvgIpc) is 3.16. The van der Waals surface area contributed by atoms with E-state index in [2.05, 4.69) is 15.9 Å². The van der Waals surface area contributed by atoms with Gasteiger partial charge in [-0.2, -0.15) is 4.31 Å². The quantitative estimate of drug-likeness (QED) is 0.617. The van der Waals surface area contributed by atoms with Crippen molar-refractivity contribution in [3.8, 4) is 5.75 Å². The smallest absolute Gasteiger partial charge is 0.246 e. The first kappa shape index (κ1) is 21.6. The van der Waals surface area contributed by atoms with Gasteiger partial charge in [-0.05, 0) is 61.2 Å². The van der Waals surface area contributed by atoms with Crippen LogP contribution in [-0.4, -0.2) is 45.4 Å². The molecule has 0 radical (unpaired) electrons. The third-order valence-electron chi connectivity index (χ3n) is 5.68. The number of hydrogen-bond acceptors (Lipinski definition) is 4. The Balaban J connectivity index is 1.57. The maximum atomic E-state index is 13.3. The van der Waals surface area contributed by atoms with Crippen LogP contribution in [0.1, 0.15) is 18.4 Å². The summed E-state index contributed by atoms with van der Waals surface area (Å²) in [7, 11) is -2.41. The summed E-state index contributed by atoms with van der Waals surface area (Å²) >= 11 is 9.51. The molecule has 0 N–H and O–H groups in total. The predicted octanol–water partition coefficient (Wildman–Crippen LogP) is 4.10. The molecule has 0 bridgehead atoms. The summed E-state index contributed by atoms with van der Waals surface area (Å²) < 4.78 is 34.2. The van der Waals surface area contributed by atoms with Gasteiger partial charge in [0.05, 0.1) is 13.0 Å². The van der Waals surface area contributed by atoms with E-state index in [9.17, 15) is 13.2 Å². The summed E-state index contributed by atoms with van der Waals surface area (Å²) in [5, 5.41) is 0.318. The molecule has 6 nitrogen and oxygen atoms in total. The van der Waals surface area contributed by atoms with Crippen molar-refractivity contribution in [2.45, 2.75) is 24.2 Å². The molecule has 0 aromatic heterocycles. The number of nitrogens with zero attached hydrogens (tertiary/aromatic N) is 2. The fourth-order valence-corrected chi connectivity index (χ4v) is 6.52. The Labute approximate surface area is 189 Å². The first-order valence-electron chi connectivity index (χ1n) is 9.75. The van der Waals surface area contributed by atoms with Crippen molar-refractivity contribution in [3.63, 3.8) is 0 Å². The highest BCUT2D eigenvalue weighted by Gasteiger charge is 2.38. The Bertz CT molecular complexity index is 1090. The lowest BCUT2D eigenvalue weighted by molar-refractivity contribution is -0.123. The monoisotopic (exact) mass is 512 g/mol. The van der Waals surface area contributed by atoms with Gasteiger partial charge in [-0.15, -0.1) is 0 Å². The van der Waals surface area contributed by atoms with Gasteiger partial charge in [-0.3, -0.25) is 4.79 Å². The van der Waals surface area contributed by atoms with Gasteiger partial charge in [-0.25, -0.2) is 8.42 Å². The van der Waals surface area contributed by atoms with E-state index in [0.29, 0.717) is 31.0 Å². The summed E-state index contributed by atoms with van der Waals surface area (Å²) in [6.07, 6.45) is 2.09. The summed E-state index contributed by atoms with van der Waals surface area (Å²) in [5.41, 5.74) is 2.04. The number of rotatable bonds is 4. The molecule has 2 aliphatic heterocycles. The Morgan fingerprint density at radius 2 is 2.00 bits per heavy atom. The van der Waals surface area contributed by atoms with Crippen molar-refractivity contribution in [1.82, 2.24) is 4.31 Å². The van der Waals surface area contributed by atoms with Crippen LogP contribution >= 0.6 is 27.5 Å². The van der Waals surface area contributed by atoms with E-state index >= 15 is 0 Å². The Kier molecular flexibility index (Phi) is 6.12. The first-order chi connectivity index (χ1) is 14.3. The number of halogens is 2. The van der Waals surface area contributed by atoms with Crippen molar-refractivity contribution in [2.24, 2.45) is 5.92 Å². The number of ether oxygens (including phenoxy) is 1. The Morgan fingerprint density at radius 1 is 1.20 bits per heavy atom. The van der Waals surface area contributed by atoms with Crippen LogP contribution in [-0.2, 0) is 21.2 Å². The van der Waals surface area contributed by atoms with Gasteiger partial charge in [0.25, 0.3) is 0 Å². The minimum Gasteiger partial charge on any atom is -0.495 e. The third kappa shape index (κ3) is 3.98. The SMILES string of the molecule is COc1ccc(Cl)cc1S(=O)(=O)N1CCCC(C(=O)N2CCc3cc(Br)ccc32)C1. The van der Waals surface area contributed by atoms with Gasteiger partial charge in [0.2, 0.25) is 15.9 Å². The molecule has 0 saturated carbocycles. The molecule has 2 heterocycles. The number of amides is 1. The van der Waals surface area contributed by atoms with Gasteiger partial charge < -0.3 is 9.64 Å². The van der Waals surface area contributed by atoms with Gasteiger partial charge in [0.15, 0.2) is 0 Å². The zero-order valence-electron chi connectivity index (χ0n) is 16.5. The van der Waals surface area contributed by atoms with E-state index in [1.807, 2.05) is 18.2 Å².